The lowest BCUT2D eigenvalue weighted by atomic mass is 10.00. The summed E-state index contributed by atoms with van der Waals surface area (Å²) in [6.45, 7) is 1.30. The Kier molecular flexibility index (Phi) is 4.95. The van der Waals surface area contributed by atoms with Gasteiger partial charge in [0, 0.05) is 24.8 Å². The van der Waals surface area contributed by atoms with Crippen LogP contribution in [0, 0.1) is 5.92 Å². The van der Waals surface area contributed by atoms with Gasteiger partial charge in [-0.25, -0.2) is 4.98 Å². The second-order valence-electron chi connectivity index (χ2n) is 6.49. The van der Waals surface area contributed by atoms with Crippen LogP contribution in [0.2, 0.25) is 0 Å². The molecule has 0 aliphatic carbocycles. The zero-order chi connectivity index (χ0) is 19.7. The Hall–Kier alpha value is -3.00. The number of amides is 1. The van der Waals surface area contributed by atoms with Crippen LogP contribution < -0.4 is 24.4 Å². The fourth-order valence-corrected chi connectivity index (χ4v) is 4.13. The van der Waals surface area contributed by atoms with Crippen molar-refractivity contribution < 1.29 is 19.0 Å². The van der Waals surface area contributed by atoms with Crippen LogP contribution >= 0.6 is 11.3 Å². The van der Waals surface area contributed by atoms with Crippen LogP contribution in [0.4, 0.5) is 10.8 Å². The molecule has 3 aromatic rings. The molecule has 2 aromatic carbocycles. The quantitative estimate of drug-likeness (QED) is 0.685. The molecule has 28 heavy (non-hydrogen) atoms. The number of ether oxygens (including phenoxy) is 3. The van der Waals surface area contributed by atoms with Gasteiger partial charge in [-0.3, -0.25) is 4.79 Å². The number of benzene rings is 2. The van der Waals surface area contributed by atoms with Crippen LogP contribution in [0.1, 0.15) is 0 Å². The van der Waals surface area contributed by atoms with Gasteiger partial charge in [0.2, 0.25) is 5.91 Å². The van der Waals surface area contributed by atoms with Crippen molar-refractivity contribution in [3.63, 3.8) is 0 Å². The third-order valence-electron chi connectivity index (χ3n) is 4.76. The second-order valence-corrected chi connectivity index (χ2v) is 7.50. The van der Waals surface area contributed by atoms with Crippen molar-refractivity contribution in [2.45, 2.75) is 0 Å². The maximum atomic E-state index is 12.5. The second kappa shape index (κ2) is 7.55. The Labute approximate surface area is 166 Å². The highest BCUT2D eigenvalue weighted by atomic mass is 32.1. The SMILES string of the molecule is COc1ccc2nc(N3CC(C(=O)Nc4ccc(OC)c(OC)c4)C3)sc2c1. The number of carbonyl (C=O) groups excluding carboxylic acids is 1. The molecule has 0 saturated carbocycles. The van der Waals surface area contributed by atoms with Crippen molar-refractivity contribution in [3.8, 4) is 17.2 Å². The number of thiazole rings is 1. The van der Waals surface area contributed by atoms with E-state index in [0.717, 1.165) is 21.1 Å². The Bertz CT molecular complexity index is 1010. The minimum absolute atomic E-state index is 0.00810. The summed E-state index contributed by atoms with van der Waals surface area (Å²) in [4.78, 5) is 19.3. The largest absolute Gasteiger partial charge is 0.497 e. The zero-order valence-corrected chi connectivity index (χ0v) is 16.7. The summed E-state index contributed by atoms with van der Waals surface area (Å²) in [6.07, 6.45) is 0. The summed E-state index contributed by atoms with van der Waals surface area (Å²) in [7, 11) is 4.80. The lowest BCUT2D eigenvalue weighted by molar-refractivity contribution is -0.120. The first-order valence-electron chi connectivity index (χ1n) is 8.83. The number of hydrogen-bond donors (Lipinski definition) is 1. The first-order valence-corrected chi connectivity index (χ1v) is 9.65. The maximum Gasteiger partial charge on any atom is 0.231 e. The summed E-state index contributed by atoms with van der Waals surface area (Å²) >= 11 is 1.61. The lowest BCUT2D eigenvalue weighted by Gasteiger charge is -2.37. The molecule has 1 N–H and O–H groups in total. The molecule has 1 aliphatic rings. The first-order chi connectivity index (χ1) is 13.6. The molecule has 0 bridgehead atoms. The molecule has 1 aromatic heterocycles. The van der Waals surface area contributed by atoms with E-state index in [2.05, 4.69) is 15.2 Å². The molecule has 1 aliphatic heterocycles. The first kappa shape index (κ1) is 18.4. The fourth-order valence-electron chi connectivity index (χ4n) is 3.11. The number of anilines is 2. The van der Waals surface area contributed by atoms with E-state index in [9.17, 15) is 4.79 Å². The van der Waals surface area contributed by atoms with E-state index in [0.29, 0.717) is 30.3 Å². The van der Waals surface area contributed by atoms with Crippen LogP contribution in [0.5, 0.6) is 17.2 Å². The molecule has 7 nitrogen and oxygen atoms in total. The molecule has 1 fully saturated rings. The van der Waals surface area contributed by atoms with Gasteiger partial charge in [0.25, 0.3) is 0 Å². The van der Waals surface area contributed by atoms with Gasteiger partial charge in [0.1, 0.15) is 5.75 Å². The molecule has 4 rings (SSSR count). The summed E-state index contributed by atoms with van der Waals surface area (Å²) in [5.74, 6) is 1.95. The Morgan fingerprint density at radius 3 is 2.57 bits per heavy atom. The summed E-state index contributed by atoms with van der Waals surface area (Å²) in [5, 5.41) is 3.88. The van der Waals surface area contributed by atoms with Crippen LogP contribution in [0.3, 0.4) is 0 Å². The van der Waals surface area contributed by atoms with E-state index in [-0.39, 0.29) is 11.8 Å². The van der Waals surface area contributed by atoms with E-state index in [1.165, 1.54) is 0 Å². The smallest absolute Gasteiger partial charge is 0.231 e. The van der Waals surface area contributed by atoms with Crippen LogP contribution in [-0.2, 0) is 4.79 Å². The zero-order valence-electron chi connectivity index (χ0n) is 15.9. The van der Waals surface area contributed by atoms with E-state index in [1.807, 2.05) is 18.2 Å². The molecule has 0 unspecified atom stereocenters. The number of aromatic nitrogens is 1. The minimum Gasteiger partial charge on any atom is -0.497 e. The van der Waals surface area contributed by atoms with Gasteiger partial charge in [0.15, 0.2) is 16.6 Å². The topological polar surface area (TPSA) is 72.9 Å². The van der Waals surface area contributed by atoms with Gasteiger partial charge in [-0.1, -0.05) is 11.3 Å². The summed E-state index contributed by atoms with van der Waals surface area (Å²) < 4.78 is 16.8. The number of nitrogens with one attached hydrogen (secondary N) is 1. The number of nitrogens with zero attached hydrogens (tertiary/aromatic N) is 2. The minimum atomic E-state index is -0.0744. The van der Waals surface area contributed by atoms with Gasteiger partial charge >= 0.3 is 0 Å². The Morgan fingerprint density at radius 2 is 1.86 bits per heavy atom. The number of rotatable bonds is 6. The monoisotopic (exact) mass is 399 g/mol. The van der Waals surface area contributed by atoms with E-state index in [4.69, 9.17) is 14.2 Å². The molecule has 0 atom stereocenters. The van der Waals surface area contributed by atoms with Crippen LogP contribution in [0.15, 0.2) is 36.4 Å². The number of carbonyl (C=O) groups is 1. The summed E-state index contributed by atoms with van der Waals surface area (Å²) in [6, 6.07) is 11.2. The van der Waals surface area contributed by atoms with Crippen molar-refractivity contribution in [2.75, 3.05) is 44.6 Å². The van der Waals surface area contributed by atoms with Crippen molar-refractivity contribution in [1.82, 2.24) is 4.98 Å². The van der Waals surface area contributed by atoms with Crippen molar-refractivity contribution in [3.05, 3.63) is 36.4 Å². The van der Waals surface area contributed by atoms with Gasteiger partial charge in [-0.2, -0.15) is 0 Å². The standard InChI is InChI=1S/C20H21N3O4S/c1-25-14-5-6-15-18(9-14)28-20(22-15)23-10-12(11-23)19(24)21-13-4-7-16(26-2)17(8-13)27-3/h4-9,12H,10-11H2,1-3H3,(H,21,24). The lowest BCUT2D eigenvalue weighted by Crippen LogP contribution is -2.52. The molecular formula is C20H21N3O4S. The van der Waals surface area contributed by atoms with Gasteiger partial charge in [-0.15, -0.1) is 0 Å². The van der Waals surface area contributed by atoms with E-state index < -0.39 is 0 Å². The van der Waals surface area contributed by atoms with Gasteiger partial charge < -0.3 is 24.4 Å². The van der Waals surface area contributed by atoms with Crippen LogP contribution in [-0.4, -0.2) is 45.3 Å². The summed E-state index contributed by atoms with van der Waals surface area (Å²) in [5.41, 5.74) is 1.63. The van der Waals surface area contributed by atoms with E-state index in [1.54, 1.807) is 50.9 Å². The third kappa shape index (κ3) is 3.43. The molecule has 1 amide bonds. The van der Waals surface area contributed by atoms with Crippen LogP contribution in [0.25, 0.3) is 10.2 Å². The maximum absolute atomic E-state index is 12.5. The van der Waals surface area contributed by atoms with E-state index >= 15 is 0 Å². The van der Waals surface area contributed by atoms with Crippen molar-refractivity contribution in [1.29, 1.82) is 0 Å². The molecule has 2 heterocycles. The molecule has 1 saturated heterocycles. The van der Waals surface area contributed by atoms with Crippen molar-refractivity contribution in [2.24, 2.45) is 5.92 Å². The number of hydrogen-bond acceptors (Lipinski definition) is 7. The molecular weight excluding hydrogens is 378 g/mol. The normalized spacial score (nSPS) is 13.9. The molecule has 0 spiro atoms. The third-order valence-corrected chi connectivity index (χ3v) is 5.84. The molecule has 146 valence electrons. The highest BCUT2D eigenvalue weighted by Gasteiger charge is 2.34. The van der Waals surface area contributed by atoms with Gasteiger partial charge in [-0.05, 0) is 30.3 Å². The fraction of sp³-hybridized carbons (Fsp3) is 0.300. The average Bonchev–Trinajstić information content (AvgIpc) is 3.09. The average molecular weight is 399 g/mol. The highest BCUT2D eigenvalue weighted by Crippen LogP contribution is 2.35. The Balaban J connectivity index is 1.39. The highest BCUT2D eigenvalue weighted by molar-refractivity contribution is 7.22. The molecule has 0 radical (unpaired) electrons. The predicted octanol–water partition coefficient (Wildman–Crippen LogP) is 3.40. The predicted molar refractivity (Wildman–Crippen MR) is 110 cm³/mol. The number of methoxy groups -OCH3 is 3. The number of fused-ring (bicyclic) bond motifs is 1. The van der Waals surface area contributed by atoms with Gasteiger partial charge in [0.05, 0.1) is 37.5 Å². The molecule has 8 heteroatoms. The van der Waals surface area contributed by atoms with Crippen molar-refractivity contribution >= 4 is 38.3 Å². The Morgan fingerprint density at radius 1 is 1.07 bits per heavy atom.